The Kier molecular flexibility index (Phi) is 4.65. The van der Waals surface area contributed by atoms with Crippen LogP contribution in [0.5, 0.6) is 5.75 Å². The third-order valence-corrected chi connectivity index (χ3v) is 4.02. The summed E-state index contributed by atoms with van der Waals surface area (Å²) in [5, 5.41) is 2.83. The number of rotatable bonds is 3. The van der Waals surface area contributed by atoms with Crippen LogP contribution in [-0.4, -0.2) is 5.97 Å². The van der Waals surface area contributed by atoms with Crippen LogP contribution in [0.3, 0.4) is 0 Å². The van der Waals surface area contributed by atoms with Gasteiger partial charge in [-0.3, -0.25) is 0 Å². The second-order valence-electron chi connectivity index (χ2n) is 4.87. The third-order valence-electron chi connectivity index (χ3n) is 3.35. The molecule has 0 aromatic heterocycles. The van der Waals surface area contributed by atoms with Crippen molar-refractivity contribution in [3.05, 3.63) is 82.3 Å². The molecule has 3 aromatic carbocycles. The lowest BCUT2D eigenvalue weighted by Gasteiger charge is -2.07. The van der Waals surface area contributed by atoms with E-state index in [2.05, 4.69) is 0 Å². The number of ether oxygens (including phenoxy) is 1. The predicted molar refractivity (Wildman–Crippen MR) is 95.1 cm³/mol. The maximum absolute atomic E-state index is 12.0. The predicted octanol–water partition coefficient (Wildman–Crippen LogP) is 5.77. The second-order valence-corrected chi connectivity index (χ2v) is 5.68. The number of halogens is 2. The number of fused-ring (bicyclic) bond motifs is 1. The van der Waals surface area contributed by atoms with Crippen LogP contribution in [0.15, 0.2) is 66.7 Å². The molecule has 2 nitrogen and oxygen atoms in total. The summed E-state index contributed by atoms with van der Waals surface area (Å²) < 4.78 is 5.42. The molecule has 0 heterocycles. The largest absolute Gasteiger partial charge is 0.423 e. The summed E-state index contributed by atoms with van der Waals surface area (Å²) in [6.07, 6.45) is 2.98. The normalized spacial score (nSPS) is 11.0. The Morgan fingerprint density at radius 1 is 0.826 bits per heavy atom. The van der Waals surface area contributed by atoms with E-state index in [-0.39, 0.29) is 0 Å². The highest BCUT2D eigenvalue weighted by Crippen LogP contribution is 2.31. The Morgan fingerprint density at radius 2 is 1.52 bits per heavy atom. The van der Waals surface area contributed by atoms with Gasteiger partial charge in [0.2, 0.25) is 0 Å². The van der Waals surface area contributed by atoms with E-state index in [1.165, 1.54) is 6.08 Å². The van der Waals surface area contributed by atoms with E-state index < -0.39 is 5.97 Å². The van der Waals surface area contributed by atoms with E-state index in [1.807, 2.05) is 42.5 Å². The Balaban J connectivity index is 1.84. The lowest BCUT2D eigenvalue weighted by molar-refractivity contribution is -0.128. The molecule has 0 saturated heterocycles. The molecule has 0 aliphatic heterocycles. The first-order chi connectivity index (χ1) is 11.1. The summed E-state index contributed by atoms with van der Waals surface area (Å²) in [5.41, 5.74) is 0.757. The number of benzene rings is 3. The minimum absolute atomic E-state index is 0.471. The van der Waals surface area contributed by atoms with Gasteiger partial charge in [0.05, 0.1) is 0 Å². The zero-order valence-electron chi connectivity index (χ0n) is 12.0. The molecule has 0 unspecified atom stereocenters. The van der Waals surface area contributed by atoms with Gasteiger partial charge >= 0.3 is 5.97 Å². The van der Waals surface area contributed by atoms with Crippen molar-refractivity contribution in [1.82, 2.24) is 0 Å². The fourth-order valence-corrected chi connectivity index (χ4v) is 2.66. The summed E-state index contributed by atoms with van der Waals surface area (Å²) in [6, 6.07) is 18.2. The third kappa shape index (κ3) is 3.55. The topological polar surface area (TPSA) is 26.3 Å². The van der Waals surface area contributed by atoms with Crippen molar-refractivity contribution in [2.45, 2.75) is 0 Å². The summed E-state index contributed by atoms with van der Waals surface area (Å²) in [4.78, 5) is 12.0. The molecule has 0 saturated carbocycles. The first kappa shape index (κ1) is 15.6. The van der Waals surface area contributed by atoms with E-state index in [0.29, 0.717) is 15.8 Å². The molecule has 114 valence electrons. The van der Waals surface area contributed by atoms with Crippen LogP contribution in [0, 0.1) is 0 Å². The van der Waals surface area contributed by atoms with Crippen LogP contribution in [0.25, 0.3) is 16.8 Å². The van der Waals surface area contributed by atoms with Gasteiger partial charge in [-0.15, -0.1) is 0 Å². The molecular formula is C19H12Cl2O2. The highest BCUT2D eigenvalue weighted by Gasteiger charge is 2.08. The van der Waals surface area contributed by atoms with Crippen molar-refractivity contribution in [2.75, 3.05) is 0 Å². The first-order valence-corrected chi connectivity index (χ1v) is 7.72. The summed E-state index contributed by atoms with van der Waals surface area (Å²) >= 11 is 12.2. The lowest BCUT2D eigenvalue weighted by Crippen LogP contribution is -2.04. The molecule has 0 aliphatic carbocycles. The molecule has 0 N–H and O–H groups in total. The van der Waals surface area contributed by atoms with Crippen LogP contribution >= 0.6 is 23.2 Å². The molecule has 0 aliphatic rings. The van der Waals surface area contributed by atoms with Gasteiger partial charge in [-0.05, 0) is 29.8 Å². The van der Waals surface area contributed by atoms with Crippen LogP contribution in [0.2, 0.25) is 10.0 Å². The highest BCUT2D eigenvalue weighted by molar-refractivity contribution is 6.35. The number of hydrogen-bond donors (Lipinski definition) is 0. The molecule has 0 radical (unpaired) electrons. The van der Waals surface area contributed by atoms with Crippen LogP contribution in [0.4, 0.5) is 0 Å². The van der Waals surface area contributed by atoms with Crippen molar-refractivity contribution in [3.8, 4) is 5.75 Å². The van der Waals surface area contributed by atoms with Crippen molar-refractivity contribution >= 4 is 46.0 Å². The number of esters is 1. The van der Waals surface area contributed by atoms with E-state index in [0.717, 1.165) is 16.3 Å². The Bertz CT molecular complexity index is 901. The molecule has 3 aromatic rings. The standard InChI is InChI=1S/C19H12Cl2O2/c20-16-8-4-1-5-13(16)9-12-19(22)23-18-11-10-17(21)14-6-2-3-7-15(14)18/h1-12H/b12-9+. The minimum atomic E-state index is -0.475. The average molecular weight is 343 g/mol. The average Bonchev–Trinajstić information content (AvgIpc) is 2.57. The van der Waals surface area contributed by atoms with Crippen molar-refractivity contribution in [2.24, 2.45) is 0 Å². The van der Waals surface area contributed by atoms with Gasteiger partial charge in [-0.2, -0.15) is 0 Å². The van der Waals surface area contributed by atoms with Crippen LogP contribution < -0.4 is 4.74 Å². The second kappa shape index (κ2) is 6.86. The van der Waals surface area contributed by atoms with Crippen LogP contribution in [-0.2, 0) is 4.79 Å². The SMILES string of the molecule is O=C(/C=C/c1ccccc1Cl)Oc1ccc(Cl)c2ccccc12. The molecule has 0 bridgehead atoms. The van der Waals surface area contributed by atoms with E-state index in [1.54, 1.807) is 24.3 Å². The Morgan fingerprint density at radius 3 is 2.30 bits per heavy atom. The van der Waals surface area contributed by atoms with Gasteiger partial charge in [-0.25, -0.2) is 4.79 Å². The maximum atomic E-state index is 12.0. The fraction of sp³-hybridized carbons (Fsp3) is 0. The van der Waals surface area contributed by atoms with Crippen LogP contribution in [0.1, 0.15) is 5.56 Å². The highest BCUT2D eigenvalue weighted by atomic mass is 35.5. The van der Waals surface area contributed by atoms with Crippen molar-refractivity contribution < 1.29 is 9.53 Å². The molecule has 0 amide bonds. The van der Waals surface area contributed by atoms with Gasteiger partial charge in [0, 0.05) is 26.9 Å². The van der Waals surface area contributed by atoms with E-state index in [4.69, 9.17) is 27.9 Å². The number of carbonyl (C=O) groups excluding carboxylic acids is 1. The Labute approximate surface area is 143 Å². The summed E-state index contributed by atoms with van der Waals surface area (Å²) in [6.45, 7) is 0. The van der Waals surface area contributed by atoms with Crippen molar-refractivity contribution in [1.29, 1.82) is 0 Å². The van der Waals surface area contributed by atoms with Gasteiger partial charge in [0.15, 0.2) is 0 Å². The molecule has 0 fully saturated rings. The summed E-state index contributed by atoms with van der Waals surface area (Å²) in [5.74, 6) is -0.00351. The fourth-order valence-electron chi connectivity index (χ4n) is 2.23. The maximum Gasteiger partial charge on any atom is 0.336 e. The zero-order chi connectivity index (χ0) is 16.2. The quantitative estimate of drug-likeness (QED) is 0.343. The lowest BCUT2D eigenvalue weighted by atomic mass is 10.1. The van der Waals surface area contributed by atoms with Gasteiger partial charge in [-0.1, -0.05) is 65.7 Å². The smallest absolute Gasteiger partial charge is 0.336 e. The minimum Gasteiger partial charge on any atom is -0.423 e. The van der Waals surface area contributed by atoms with Crippen molar-refractivity contribution in [3.63, 3.8) is 0 Å². The number of hydrogen-bond acceptors (Lipinski definition) is 2. The zero-order valence-corrected chi connectivity index (χ0v) is 13.5. The number of carbonyl (C=O) groups is 1. The summed E-state index contributed by atoms with van der Waals surface area (Å²) in [7, 11) is 0. The molecule has 0 atom stereocenters. The van der Waals surface area contributed by atoms with E-state index in [9.17, 15) is 4.79 Å². The molecule has 23 heavy (non-hydrogen) atoms. The molecule has 0 spiro atoms. The van der Waals surface area contributed by atoms with Gasteiger partial charge < -0.3 is 4.74 Å². The van der Waals surface area contributed by atoms with Gasteiger partial charge in [0.25, 0.3) is 0 Å². The Hall–Kier alpha value is -2.29. The molecule has 3 rings (SSSR count). The van der Waals surface area contributed by atoms with E-state index >= 15 is 0 Å². The molecular weight excluding hydrogens is 331 g/mol. The first-order valence-electron chi connectivity index (χ1n) is 6.97. The monoisotopic (exact) mass is 342 g/mol. The van der Waals surface area contributed by atoms with Gasteiger partial charge in [0.1, 0.15) is 5.75 Å². The molecule has 4 heteroatoms.